The largest absolute Gasteiger partial charge is 0.478 e. The fraction of sp³-hybridized carbons (Fsp3) is 0.276. The monoisotopic (exact) mass is 545 g/mol. The van der Waals surface area contributed by atoms with Crippen molar-refractivity contribution in [3.8, 4) is 11.5 Å². The highest BCUT2D eigenvalue weighted by molar-refractivity contribution is 5.94. The summed E-state index contributed by atoms with van der Waals surface area (Å²) in [4.78, 5) is 39.5. The maximum atomic E-state index is 13.4. The van der Waals surface area contributed by atoms with Crippen LogP contribution in [0, 0.1) is 0 Å². The van der Waals surface area contributed by atoms with Crippen LogP contribution in [-0.4, -0.2) is 59.9 Å². The number of nitrogen functional groups attached to an aromatic ring is 1. The van der Waals surface area contributed by atoms with Crippen molar-refractivity contribution in [2.45, 2.75) is 31.5 Å². The average molecular weight is 546 g/mol. The van der Waals surface area contributed by atoms with E-state index in [0.29, 0.717) is 17.9 Å². The highest BCUT2D eigenvalue weighted by atomic mass is 16.7. The zero-order valence-electron chi connectivity index (χ0n) is 21.8. The molecule has 6 N–H and O–H groups in total. The van der Waals surface area contributed by atoms with Gasteiger partial charge in [-0.15, -0.1) is 0 Å². The minimum atomic E-state index is -1.06. The summed E-state index contributed by atoms with van der Waals surface area (Å²) >= 11 is 0. The van der Waals surface area contributed by atoms with E-state index >= 15 is 0 Å². The van der Waals surface area contributed by atoms with Crippen molar-refractivity contribution >= 4 is 29.3 Å². The molecule has 2 aliphatic rings. The Labute approximate surface area is 231 Å². The number of nitrogens with two attached hydrogens (primary N) is 1. The van der Waals surface area contributed by atoms with Crippen LogP contribution in [0.2, 0.25) is 0 Å². The van der Waals surface area contributed by atoms with Crippen LogP contribution in [0.5, 0.6) is 11.5 Å². The number of likely N-dealkylation sites (tertiary alicyclic amines) is 1. The van der Waals surface area contributed by atoms with E-state index in [4.69, 9.17) is 20.3 Å². The predicted octanol–water partition coefficient (Wildman–Crippen LogP) is 2.82. The standard InChI is InChI=1S/C29H31N5O6/c30-21-6-1-18(2-7-21)13-24(33-29(38)32-22-8-4-20(5-9-22)28(36)37)27(35)31-23-11-12-34(16-23)15-19-3-10-25-26(14-19)40-17-39-25/h1-10,14,23-24H,11-13,15-17,30H2,(H,31,35)(H,36,37)(H2,32,33,38)/t23-,24-/m0/s1. The number of urea groups is 1. The number of ether oxygens (including phenoxy) is 2. The molecule has 0 aromatic heterocycles. The normalized spacial score (nSPS) is 16.8. The molecule has 0 radical (unpaired) electrons. The van der Waals surface area contributed by atoms with Gasteiger partial charge in [0.25, 0.3) is 0 Å². The van der Waals surface area contributed by atoms with Crippen molar-refractivity contribution in [2.24, 2.45) is 0 Å². The average Bonchev–Trinajstić information content (AvgIpc) is 3.58. The van der Waals surface area contributed by atoms with Crippen molar-refractivity contribution in [1.29, 1.82) is 0 Å². The van der Waals surface area contributed by atoms with E-state index < -0.39 is 18.0 Å². The quantitative estimate of drug-likeness (QED) is 0.257. The Balaban J connectivity index is 1.20. The lowest BCUT2D eigenvalue weighted by atomic mass is 10.0. The summed E-state index contributed by atoms with van der Waals surface area (Å²) in [6.45, 7) is 2.45. The van der Waals surface area contributed by atoms with Gasteiger partial charge in [-0.05, 0) is 66.1 Å². The van der Waals surface area contributed by atoms with Crippen molar-refractivity contribution in [3.05, 3.63) is 83.4 Å². The number of amides is 3. The van der Waals surface area contributed by atoms with Crippen LogP contribution >= 0.6 is 0 Å². The topological polar surface area (TPSA) is 155 Å². The van der Waals surface area contributed by atoms with Crippen molar-refractivity contribution < 1.29 is 29.0 Å². The minimum absolute atomic E-state index is 0.0659. The number of carboxylic acid groups (broad SMARTS) is 1. The maximum absolute atomic E-state index is 13.4. The fourth-order valence-electron chi connectivity index (χ4n) is 4.81. The number of benzene rings is 3. The van der Waals surface area contributed by atoms with Gasteiger partial charge in [-0.25, -0.2) is 9.59 Å². The van der Waals surface area contributed by atoms with Gasteiger partial charge in [0.1, 0.15) is 6.04 Å². The lowest BCUT2D eigenvalue weighted by Gasteiger charge is -2.22. The van der Waals surface area contributed by atoms with Crippen LogP contribution in [0.25, 0.3) is 0 Å². The smallest absolute Gasteiger partial charge is 0.335 e. The molecule has 11 nitrogen and oxygen atoms in total. The molecule has 0 bridgehead atoms. The van der Waals surface area contributed by atoms with Gasteiger partial charge in [0.05, 0.1) is 5.56 Å². The number of hydrogen-bond donors (Lipinski definition) is 5. The molecule has 40 heavy (non-hydrogen) atoms. The Morgan fingerprint density at radius 2 is 1.70 bits per heavy atom. The molecule has 1 saturated heterocycles. The molecule has 2 aliphatic heterocycles. The Kier molecular flexibility index (Phi) is 8.02. The van der Waals surface area contributed by atoms with Crippen LogP contribution in [0.3, 0.4) is 0 Å². The molecule has 5 rings (SSSR count). The number of carbonyl (C=O) groups is 3. The van der Waals surface area contributed by atoms with Crippen LogP contribution in [0.4, 0.5) is 16.2 Å². The fourth-order valence-corrected chi connectivity index (χ4v) is 4.81. The van der Waals surface area contributed by atoms with Gasteiger partial charge in [-0.2, -0.15) is 0 Å². The molecule has 11 heteroatoms. The number of nitrogens with one attached hydrogen (secondary N) is 3. The second-order valence-corrected chi connectivity index (χ2v) is 9.90. The van der Waals surface area contributed by atoms with E-state index in [-0.39, 0.29) is 30.7 Å². The number of carboxylic acids is 1. The second kappa shape index (κ2) is 12.0. The summed E-state index contributed by atoms with van der Waals surface area (Å²) in [6, 6.07) is 17.3. The van der Waals surface area contributed by atoms with Crippen molar-refractivity contribution in [1.82, 2.24) is 15.5 Å². The molecule has 0 saturated carbocycles. The van der Waals surface area contributed by atoms with Gasteiger partial charge < -0.3 is 36.3 Å². The molecule has 2 heterocycles. The van der Waals surface area contributed by atoms with Crippen LogP contribution in [0.1, 0.15) is 27.9 Å². The molecular weight excluding hydrogens is 514 g/mol. The molecule has 3 aromatic rings. The molecular formula is C29H31N5O6. The SMILES string of the molecule is Nc1ccc(C[C@H](NC(=O)Nc2ccc(C(=O)O)cc2)C(=O)N[C@H]2CCN(Cc3ccc4c(c3)OCO4)C2)cc1. The molecule has 0 unspecified atom stereocenters. The minimum Gasteiger partial charge on any atom is -0.478 e. The zero-order valence-corrected chi connectivity index (χ0v) is 21.8. The van der Waals surface area contributed by atoms with Crippen LogP contribution in [-0.2, 0) is 17.8 Å². The van der Waals surface area contributed by atoms with Gasteiger partial charge in [-0.1, -0.05) is 18.2 Å². The molecule has 0 aliphatic carbocycles. The van der Waals surface area contributed by atoms with Crippen LogP contribution < -0.4 is 31.2 Å². The predicted molar refractivity (Wildman–Crippen MR) is 148 cm³/mol. The number of fused-ring (bicyclic) bond motifs is 1. The third kappa shape index (κ3) is 6.80. The molecule has 0 spiro atoms. The van der Waals surface area contributed by atoms with E-state index in [2.05, 4.69) is 20.9 Å². The number of aromatic carboxylic acids is 1. The van der Waals surface area contributed by atoms with Gasteiger partial charge in [0.2, 0.25) is 12.7 Å². The second-order valence-electron chi connectivity index (χ2n) is 9.90. The Hall–Kier alpha value is -4.77. The summed E-state index contributed by atoms with van der Waals surface area (Å²) in [5.41, 5.74) is 8.87. The third-order valence-corrected chi connectivity index (χ3v) is 6.89. The molecule has 2 atom stereocenters. The maximum Gasteiger partial charge on any atom is 0.335 e. The first-order chi connectivity index (χ1) is 19.3. The van der Waals surface area contributed by atoms with Gasteiger partial charge in [0.15, 0.2) is 11.5 Å². The highest BCUT2D eigenvalue weighted by Gasteiger charge is 2.28. The van der Waals surface area contributed by atoms with Gasteiger partial charge in [-0.3, -0.25) is 9.69 Å². The molecule has 3 amide bonds. The van der Waals surface area contributed by atoms with E-state index in [1.807, 2.05) is 30.3 Å². The third-order valence-electron chi connectivity index (χ3n) is 6.89. The Morgan fingerprint density at radius 1 is 0.975 bits per heavy atom. The van der Waals surface area contributed by atoms with Gasteiger partial charge >= 0.3 is 12.0 Å². The van der Waals surface area contributed by atoms with E-state index in [0.717, 1.165) is 42.1 Å². The number of carbonyl (C=O) groups excluding carboxylic acids is 2. The van der Waals surface area contributed by atoms with Crippen molar-refractivity contribution in [2.75, 3.05) is 30.9 Å². The van der Waals surface area contributed by atoms with Crippen LogP contribution in [0.15, 0.2) is 66.7 Å². The lowest BCUT2D eigenvalue weighted by molar-refractivity contribution is -0.123. The Bertz CT molecular complexity index is 1380. The summed E-state index contributed by atoms with van der Waals surface area (Å²) < 4.78 is 10.9. The molecule has 1 fully saturated rings. The Morgan fingerprint density at radius 3 is 2.45 bits per heavy atom. The first-order valence-electron chi connectivity index (χ1n) is 13.0. The summed E-state index contributed by atoms with van der Waals surface area (Å²) in [5.74, 6) is 0.145. The summed E-state index contributed by atoms with van der Waals surface area (Å²) in [5, 5.41) is 17.6. The highest BCUT2D eigenvalue weighted by Crippen LogP contribution is 2.33. The lowest BCUT2D eigenvalue weighted by Crippen LogP contribution is -2.52. The first-order valence-corrected chi connectivity index (χ1v) is 13.0. The zero-order chi connectivity index (χ0) is 28.1. The van der Waals surface area contributed by atoms with Gasteiger partial charge in [0, 0.05) is 43.5 Å². The van der Waals surface area contributed by atoms with Crippen molar-refractivity contribution in [3.63, 3.8) is 0 Å². The number of hydrogen-bond acceptors (Lipinski definition) is 7. The number of rotatable bonds is 9. The summed E-state index contributed by atoms with van der Waals surface area (Å²) in [7, 11) is 0. The first kappa shape index (κ1) is 26.8. The molecule has 3 aromatic carbocycles. The summed E-state index contributed by atoms with van der Waals surface area (Å²) in [6.07, 6.45) is 1.05. The number of nitrogens with zero attached hydrogens (tertiary/aromatic N) is 1. The van der Waals surface area contributed by atoms with E-state index in [1.54, 1.807) is 12.1 Å². The molecule has 208 valence electrons. The van der Waals surface area contributed by atoms with E-state index in [9.17, 15) is 14.4 Å². The number of anilines is 2. The van der Waals surface area contributed by atoms with E-state index in [1.165, 1.54) is 24.3 Å².